The van der Waals surface area contributed by atoms with E-state index in [4.69, 9.17) is 10.5 Å². The summed E-state index contributed by atoms with van der Waals surface area (Å²) in [4.78, 5) is 0. The number of nitrogens with one attached hydrogen (secondary N) is 1. The summed E-state index contributed by atoms with van der Waals surface area (Å²) in [7, 11) is 1.59. The van der Waals surface area contributed by atoms with Crippen molar-refractivity contribution in [3.05, 3.63) is 18.2 Å². The van der Waals surface area contributed by atoms with Gasteiger partial charge in [0, 0.05) is 6.54 Å². The number of nitrogens with two attached hydrogens (primary N) is 1. The molecule has 0 aliphatic heterocycles. The van der Waals surface area contributed by atoms with Crippen molar-refractivity contribution in [2.24, 2.45) is 0 Å². The molecule has 0 saturated carbocycles. The van der Waals surface area contributed by atoms with Crippen LogP contribution in [0.5, 0.6) is 5.75 Å². The Morgan fingerprint density at radius 3 is 2.88 bits per heavy atom. The van der Waals surface area contributed by atoms with Crippen molar-refractivity contribution >= 4 is 11.4 Å². The summed E-state index contributed by atoms with van der Waals surface area (Å²) < 4.78 is 5.12. The molecule has 0 aliphatic carbocycles. The number of ether oxygens (including phenoxy) is 1. The normalized spacial score (nSPS) is 12.2. The lowest BCUT2D eigenvalue weighted by Gasteiger charge is -2.13. The average molecular weight is 224 g/mol. The van der Waals surface area contributed by atoms with Gasteiger partial charge in [0.25, 0.3) is 0 Å². The van der Waals surface area contributed by atoms with Gasteiger partial charge in [-0.05, 0) is 25.0 Å². The van der Waals surface area contributed by atoms with Gasteiger partial charge in [0.05, 0.1) is 24.6 Å². The van der Waals surface area contributed by atoms with E-state index in [0.29, 0.717) is 24.4 Å². The van der Waals surface area contributed by atoms with Crippen molar-refractivity contribution in [2.75, 3.05) is 24.7 Å². The zero-order valence-corrected chi connectivity index (χ0v) is 9.86. The predicted molar refractivity (Wildman–Crippen MR) is 66.8 cm³/mol. The van der Waals surface area contributed by atoms with E-state index in [9.17, 15) is 5.11 Å². The van der Waals surface area contributed by atoms with Crippen molar-refractivity contribution in [3.8, 4) is 5.75 Å². The molecule has 0 fully saturated rings. The fourth-order valence-corrected chi connectivity index (χ4v) is 1.45. The summed E-state index contributed by atoms with van der Waals surface area (Å²) in [5.74, 6) is 0.668. The largest absolute Gasteiger partial charge is 0.495 e. The molecule has 0 amide bonds. The smallest absolute Gasteiger partial charge is 0.143 e. The summed E-state index contributed by atoms with van der Waals surface area (Å²) in [6.07, 6.45) is 1.24. The van der Waals surface area contributed by atoms with Gasteiger partial charge in [-0.1, -0.05) is 13.0 Å². The van der Waals surface area contributed by atoms with Crippen LogP contribution in [-0.2, 0) is 0 Å². The fourth-order valence-electron chi connectivity index (χ4n) is 1.45. The molecular weight excluding hydrogens is 204 g/mol. The number of para-hydroxylation sites is 1. The third-order valence-electron chi connectivity index (χ3n) is 2.55. The van der Waals surface area contributed by atoms with Crippen LogP contribution in [0.25, 0.3) is 0 Å². The third kappa shape index (κ3) is 3.31. The second-order valence-corrected chi connectivity index (χ2v) is 3.70. The summed E-state index contributed by atoms with van der Waals surface area (Å²) >= 11 is 0. The minimum absolute atomic E-state index is 0.251. The summed E-state index contributed by atoms with van der Waals surface area (Å²) in [6, 6.07) is 5.60. The van der Waals surface area contributed by atoms with Gasteiger partial charge in [-0.15, -0.1) is 0 Å². The van der Waals surface area contributed by atoms with Crippen LogP contribution >= 0.6 is 0 Å². The highest BCUT2D eigenvalue weighted by Crippen LogP contribution is 2.28. The molecule has 1 unspecified atom stereocenters. The first kappa shape index (κ1) is 12.6. The molecule has 0 bridgehead atoms. The summed E-state index contributed by atoms with van der Waals surface area (Å²) in [5.41, 5.74) is 7.35. The Balaban J connectivity index is 2.54. The first-order valence-electron chi connectivity index (χ1n) is 5.53. The molecule has 1 aromatic rings. The van der Waals surface area contributed by atoms with Gasteiger partial charge in [0.1, 0.15) is 5.75 Å². The zero-order chi connectivity index (χ0) is 12.0. The Hall–Kier alpha value is -1.42. The molecular formula is C12H20N2O2. The average Bonchev–Trinajstić information content (AvgIpc) is 2.31. The number of rotatable bonds is 6. The van der Waals surface area contributed by atoms with Gasteiger partial charge in [-0.3, -0.25) is 0 Å². The number of aliphatic hydroxyl groups is 1. The molecule has 0 spiro atoms. The van der Waals surface area contributed by atoms with E-state index in [1.807, 2.05) is 25.1 Å². The van der Waals surface area contributed by atoms with Crippen molar-refractivity contribution in [1.82, 2.24) is 0 Å². The van der Waals surface area contributed by atoms with E-state index in [1.54, 1.807) is 7.11 Å². The number of aliphatic hydroxyl groups excluding tert-OH is 1. The van der Waals surface area contributed by atoms with Crippen LogP contribution in [0.15, 0.2) is 18.2 Å². The van der Waals surface area contributed by atoms with Crippen LogP contribution in [0.1, 0.15) is 19.8 Å². The van der Waals surface area contributed by atoms with E-state index in [2.05, 4.69) is 5.32 Å². The SMILES string of the molecule is CCC(O)CCNc1cccc(OC)c1N. The van der Waals surface area contributed by atoms with Crippen LogP contribution in [0, 0.1) is 0 Å². The number of anilines is 2. The highest BCUT2D eigenvalue weighted by Gasteiger charge is 2.05. The maximum Gasteiger partial charge on any atom is 0.143 e. The van der Waals surface area contributed by atoms with E-state index in [-0.39, 0.29) is 6.10 Å². The monoisotopic (exact) mass is 224 g/mol. The molecule has 1 rings (SSSR count). The Kier molecular flexibility index (Phi) is 4.92. The minimum atomic E-state index is -0.251. The molecule has 90 valence electrons. The number of benzene rings is 1. The molecule has 4 N–H and O–H groups in total. The van der Waals surface area contributed by atoms with Crippen molar-refractivity contribution in [2.45, 2.75) is 25.9 Å². The molecule has 4 nitrogen and oxygen atoms in total. The van der Waals surface area contributed by atoms with Gasteiger partial charge in [-0.2, -0.15) is 0 Å². The molecule has 0 saturated heterocycles. The Morgan fingerprint density at radius 2 is 2.25 bits per heavy atom. The first-order chi connectivity index (χ1) is 7.69. The van der Waals surface area contributed by atoms with Gasteiger partial charge in [0.15, 0.2) is 0 Å². The molecule has 1 atom stereocenters. The third-order valence-corrected chi connectivity index (χ3v) is 2.55. The maximum absolute atomic E-state index is 9.41. The van der Waals surface area contributed by atoms with Gasteiger partial charge < -0.3 is 20.9 Å². The van der Waals surface area contributed by atoms with Crippen molar-refractivity contribution < 1.29 is 9.84 Å². The van der Waals surface area contributed by atoms with Gasteiger partial charge in [0.2, 0.25) is 0 Å². The molecule has 1 aromatic carbocycles. The van der Waals surface area contributed by atoms with Gasteiger partial charge in [-0.25, -0.2) is 0 Å². The lowest BCUT2D eigenvalue weighted by atomic mass is 10.2. The molecule has 4 heteroatoms. The highest BCUT2D eigenvalue weighted by atomic mass is 16.5. The minimum Gasteiger partial charge on any atom is -0.495 e. The number of nitrogen functional groups attached to an aromatic ring is 1. The van der Waals surface area contributed by atoms with Crippen LogP contribution in [0.3, 0.4) is 0 Å². The van der Waals surface area contributed by atoms with Crippen LogP contribution in [0.4, 0.5) is 11.4 Å². The topological polar surface area (TPSA) is 67.5 Å². The fraction of sp³-hybridized carbons (Fsp3) is 0.500. The zero-order valence-electron chi connectivity index (χ0n) is 9.86. The number of methoxy groups -OCH3 is 1. The molecule has 16 heavy (non-hydrogen) atoms. The van der Waals surface area contributed by atoms with Crippen molar-refractivity contribution in [3.63, 3.8) is 0 Å². The Bertz CT molecular complexity index is 329. The summed E-state index contributed by atoms with van der Waals surface area (Å²) in [5, 5.41) is 12.6. The lowest BCUT2D eigenvalue weighted by Crippen LogP contribution is -2.13. The van der Waals surface area contributed by atoms with E-state index in [0.717, 1.165) is 12.1 Å². The Labute approximate surface area is 96.4 Å². The van der Waals surface area contributed by atoms with E-state index < -0.39 is 0 Å². The van der Waals surface area contributed by atoms with E-state index in [1.165, 1.54) is 0 Å². The molecule has 0 aromatic heterocycles. The Morgan fingerprint density at radius 1 is 1.50 bits per heavy atom. The second kappa shape index (κ2) is 6.23. The van der Waals surface area contributed by atoms with Crippen molar-refractivity contribution in [1.29, 1.82) is 0 Å². The standard InChI is InChI=1S/C12H20N2O2/c1-3-9(15)7-8-14-10-5-4-6-11(16-2)12(10)13/h4-6,9,14-15H,3,7-8,13H2,1-2H3. The number of hydrogen-bond donors (Lipinski definition) is 3. The van der Waals surface area contributed by atoms with Gasteiger partial charge >= 0.3 is 0 Å². The quantitative estimate of drug-likeness (QED) is 0.645. The lowest BCUT2D eigenvalue weighted by molar-refractivity contribution is 0.164. The second-order valence-electron chi connectivity index (χ2n) is 3.70. The maximum atomic E-state index is 9.41. The molecule has 0 aliphatic rings. The van der Waals surface area contributed by atoms with E-state index >= 15 is 0 Å². The highest BCUT2D eigenvalue weighted by molar-refractivity contribution is 5.72. The van der Waals surface area contributed by atoms with Crippen LogP contribution in [0.2, 0.25) is 0 Å². The number of hydrogen-bond acceptors (Lipinski definition) is 4. The van der Waals surface area contributed by atoms with Crippen LogP contribution in [-0.4, -0.2) is 24.9 Å². The molecule has 0 radical (unpaired) electrons. The first-order valence-corrected chi connectivity index (χ1v) is 5.53. The summed E-state index contributed by atoms with van der Waals surface area (Å²) in [6.45, 7) is 2.66. The van der Waals surface area contributed by atoms with Crippen LogP contribution < -0.4 is 15.8 Å². The molecule has 0 heterocycles. The predicted octanol–water partition coefficient (Wildman–Crippen LogP) is 1.85.